The number of allylic oxidation sites excluding steroid dienone is 2. The van der Waals surface area contributed by atoms with E-state index in [4.69, 9.17) is 18.9 Å². The summed E-state index contributed by atoms with van der Waals surface area (Å²) in [6.07, 6.45) is 4.86. The van der Waals surface area contributed by atoms with Crippen LogP contribution in [0.15, 0.2) is 41.2 Å². The number of carbonyl (C=O) groups is 3. The Labute approximate surface area is 344 Å². The van der Waals surface area contributed by atoms with E-state index in [9.17, 15) is 39.9 Å². The third-order valence-corrected chi connectivity index (χ3v) is 11.9. The number of anilines is 1. The van der Waals surface area contributed by atoms with Crippen LogP contribution < -0.4 is 10.1 Å². The third-order valence-electron chi connectivity index (χ3n) is 11.9. The highest BCUT2D eigenvalue weighted by Crippen LogP contribution is 2.55. The number of ether oxygens (including phenoxy) is 4. The Balaban J connectivity index is 1.70. The number of hydrogen-bond donors (Lipinski definition) is 6. The Morgan fingerprint density at radius 1 is 0.949 bits per heavy atom. The fraction of sp³-hybridized carbons (Fsp3) is 0.535. The Bertz CT molecular complexity index is 2070. The molecular formula is C43H58N4O12. The number of amides is 1. The molecular weight excluding hydrogens is 764 g/mol. The molecule has 0 unspecified atom stereocenters. The molecule has 2 aromatic rings. The molecule has 0 spiro atoms. The number of ketones is 1. The SMILES string of the molecule is CO[C@@H]1/C=C\O[C@]2(C)Oc3c(C)c(O)c4c(O)c(c(C=NN5CCN(C)CC5)c(O)c4c3C2=O)NC(=O)C(C)=CC=C[C@H](C)[C@H](O)[C@H](C)[C@H](O)[C@H](C)[C@H](OC(C)=O)[C@H]1C. The molecule has 0 saturated carbocycles. The lowest BCUT2D eigenvalue weighted by Crippen LogP contribution is -2.46. The number of nitrogens with zero attached hydrogens (tertiary/aromatic N) is 3. The van der Waals surface area contributed by atoms with Crippen molar-refractivity contribution in [1.82, 2.24) is 9.91 Å². The second-order valence-corrected chi connectivity index (χ2v) is 16.1. The number of aliphatic hydroxyl groups excluding tert-OH is 2. The fourth-order valence-corrected chi connectivity index (χ4v) is 7.92. The van der Waals surface area contributed by atoms with Crippen molar-refractivity contribution in [2.75, 3.05) is 45.7 Å². The van der Waals surface area contributed by atoms with E-state index in [1.807, 2.05) is 7.05 Å². The number of hydrazone groups is 1. The van der Waals surface area contributed by atoms with Gasteiger partial charge < -0.3 is 54.7 Å². The van der Waals surface area contributed by atoms with Crippen LogP contribution in [-0.4, -0.2) is 130 Å². The second-order valence-electron chi connectivity index (χ2n) is 16.1. The number of likely N-dealkylation sites (N-methyl/N-ethyl adjacent to an activating group) is 1. The molecule has 16 heteroatoms. The molecule has 1 fully saturated rings. The molecule has 6 N–H and O–H groups in total. The van der Waals surface area contributed by atoms with Gasteiger partial charge in [-0.15, -0.1) is 0 Å². The van der Waals surface area contributed by atoms with E-state index in [1.54, 1.807) is 44.9 Å². The number of fused-ring (bicyclic) bond motifs is 14. The number of benzene rings is 2. The van der Waals surface area contributed by atoms with E-state index in [1.165, 1.54) is 59.4 Å². The smallest absolute Gasteiger partial charge is 0.312 e. The van der Waals surface area contributed by atoms with E-state index in [2.05, 4.69) is 15.3 Å². The number of aliphatic hydroxyl groups is 2. The number of Topliss-reactive ketones (excluding diaryl/α,β-unsaturated/α-hetero) is 1. The van der Waals surface area contributed by atoms with Gasteiger partial charge in [0, 0.05) is 87.3 Å². The van der Waals surface area contributed by atoms with Gasteiger partial charge in [0.1, 0.15) is 23.4 Å². The number of esters is 1. The van der Waals surface area contributed by atoms with Crippen LogP contribution in [0.2, 0.25) is 0 Å². The van der Waals surface area contributed by atoms with Crippen LogP contribution in [0, 0.1) is 30.6 Å². The zero-order valence-corrected chi connectivity index (χ0v) is 35.3. The summed E-state index contributed by atoms with van der Waals surface area (Å²) in [4.78, 5) is 42.6. The Hall–Kier alpha value is -5.16. The topological polar surface area (TPSA) is 220 Å². The third kappa shape index (κ3) is 8.91. The monoisotopic (exact) mass is 822 g/mol. The maximum Gasteiger partial charge on any atom is 0.312 e. The lowest BCUT2D eigenvalue weighted by molar-refractivity contribution is -0.160. The van der Waals surface area contributed by atoms with E-state index < -0.39 is 88.8 Å². The number of phenols is 3. The van der Waals surface area contributed by atoms with Gasteiger partial charge in [0.2, 0.25) is 0 Å². The summed E-state index contributed by atoms with van der Waals surface area (Å²) in [5.74, 6) is -8.34. The van der Waals surface area contributed by atoms with Crippen LogP contribution in [0.5, 0.6) is 23.0 Å². The van der Waals surface area contributed by atoms with Crippen LogP contribution in [0.4, 0.5) is 5.69 Å². The number of aromatic hydroxyl groups is 3. The molecule has 322 valence electrons. The summed E-state index contributed by atoms with van der Waals surface area (Å²) in [5.41, 5.74) is -0.350. The second kappa shape index (κ2) is 18.0. The van der Waals surface area contributed by atoms with Gasteiger partial charge in [0.05, 0.1) is 53.0 Å². The summed E-state index contributed by atoms with van der Waals surface area (Å²) in [6, 6.07) is 0. The molecule has 6 rings (SSSR count). The van der Waals surface area contributed by atoms with Crippen molar-refractivity contribution < 1.29 is 58.9 Å². The van der Waals surface area contributed by atoms with Crippen LogP contribution in [0.25, 0.3) is 10.8 Å². The van der Waals surface area contributed by atoms with Crippen molar-refractivity contribution in [1.29, 1.82) is 0 Å². The number of phenolic OH excluding ortho intramolecular Hbond substituents is 3. The molecule has 2 aromatic carbocycles. The first kappa shape index (κ1) is 44.9. The minimum Gasteiger partial charge on any atom is -0.507 e. The number of piperazine rings is 1. The predicted molar refractivity (Wildman–Crippen MR) is 220 cm³/mol. The van der Waals surface area contributed by atoms with Crippen molar-refractivity contribution in [2.45, 2.75) is 85.6 Å². The quantitative estimate of drug-likeness (QED) is 0.109. The highest BCUT2D eigenvalue weighted by atomic mass is 16.7. The van der Waals surface area contributed by atoms with Crippen molar-refractivity contribution in [3.63, 3.8) is 0 Å². The first-order chi connectivity index (χ1) is 27.7. The summed E-state index contributed by atoms with van der Waals surface area (Å²) in [6.45, 7) is 15.1. The van der Waals surface area contributed by atoms with Gasteiger partial charge in [-0.05, 0) is 27.0 Å². The zero-order valence-electron chi connectivity index (χ0n) is 35.3. The normalized spacial score (nSPS) is 30.6. The minimum absolute atomic E-state index is 0.0559. The van der Waals surface area contributed by atoms with Crippen LogP contribution >= 0.6 is 0 Å². The van der Waals surface area contributed by atoms with Gasteiger partial charge in [-0.1, -0.05) is 45.9 Å². The first-order valence-electron chi connectivity index (χ1n) is 19.8. The van der Waals surface area contributed by atoms with Gasteiger partial charge in [-0.25, -0.2) is 0 Å². The van der Waals surface area contributed by atoms with E-state index in [0.717, 1.165) is 13.1 Å². The lowest BCUT2D eigenvalue weighted by atomic mass is 9.78. The molecule has 4 heterocycles. The average Bonchev–Trinajstić information content (AvgIpc) is 3.46. The van der Waals surface area contributed by atoms with Gasteiger partial charge in [0.15, 0.2) is 5.75 Å². The van der Waals surface area contributed by atoms with Crippen molar-refractivity contribution in [2.24, 2.45) is 28.8 Å². The maximum absolute atomic E-state index is 14.4. The Kier molecular flexibility index (Phi) is 13.7. The summed E-state index contributed by atoms with van der Waals surface area (Å²) in [5, 5.41) is 66.8. The number of carbonyl (C=O) groups excluding carboxylic acids is 3. The predicted octanol–water partition coefficient (Wildman–Crippen LogP) is 4.34. The molecule has 0 aliphatic carbocycles. The fourth-order valence-electron chi connectivity index (χ4n) is 7.92. The van der Waals surface area contributed by atoms with Gasteiger partial charge in [-0.3, -0.25) is 19.4 Å². The zero-order chi connectivity index (χ0) is 43.7. The standard InChI is InChI=1S/C43H58N4O12/c1-21-12-11-13-22(2)42(55)45-33-28(20-44-47-17-15-46(9)16-18-47)37(52)30-31(38(33)53)36(51)26(6)40-32(30)41(54)43(8,59-40)57-19-14-29(56-10)23(3)39(58-27(7)48)25(5)35(50)24(4)34(21)49/h11-14,19-21,23-25,29,34-35,39,49-53H,15-18H2,1-10H3,(H,45,55)/b12-11?,19-14-,22-13?,44-20?/t21-,23-,24-,25-,29+,34-,35-,39+,43+/m0/s1. The van der Waals surface area contributed by atoms with E-state index >= 15 is 0 Å². The number of methoxy groups -OCH3 is 1. The highest BCUT2D eigenvalue weighted by Gasteiger charge is 2.50. The first-order valence-corrected chi connectivity index (χ1v) is 19.8. The molecule has 16 nitrogen and oxygen atoms in total. The van der Waals surface area contributed by atoms with E-state index in [-0.39, 0.29) is 44.5 Å². The molecule has 0 aromatic heterocycles. The number of rotatable bonds is 4. The van der Waals surface area contributed by atoms with Crippen LogP contribution in [0.3, 0.4) is 0 Å². The van der Waals surface area contributed by atoms with E-state index in [0.29, 0.717) is 13.1 Å². The molecule has 4 aliphatic heterocycles. The molecule has 1 amide bonds. The molecule has 4 aliphatic rings. The van der Waals surface area contributed by atoms with Crippen LogP contribution in [-0.2, 0) is 23.8 Å². The van der Waals surface area contributed by atoms with Gasteiger partial charge >= 0.3 is 11.8 Å². The number of nitrogens with one attached hydrogen (secondary N) is 1. The lowest BCUT2D eigenvalue weighted by Gasteiger charge is -2.38. The highest BCUT2D eigenvalue weighted by molar-refractivity contribution is 6.23. The van der Waals surface area contributed by atoms with Crippen molar-refractivity contribution in [3.8, 4) is 23.0 Å². The van der Waals surface area contributed by atoms with Gasteiger partial charge in [-0.2, -0.15) is 5.10 Å². The summed E-state index contributed by atoms with van der Waals surface area (Å²) >= 11 is 0. The van der Waals surface area contributed by atoms with Crippen molar-refractivity contribution >= 4 is 40.3 Å². The number of hydrogen-bond acceptors (Lipinski definition) is 15. The Morgan fingerprint density at radius 2 is 1.61 bits per heavy atom. The maximum atomic E-state index is 14.4. The van der Waals surface area contributed by atoms with Crippen LogP contribution in [0.1, 0.15) is 70.0 Å². The molecule has 1 saturated heterocycles. The van der Waals surface area contributed by atoms with Crippen molar-refractivity contribution in [3.05, 3.63) is 52.8 Å². The summed E-state index contributed by atoms with van der Waals surface area (Å²) < 4.78 is 23.6. The average molecular weight is 823 g/mol. The molecule has 0 radical (unpaired) electrons. The minimum atomic E-state index is -2.04. The molecule has 9 atom stereocenters. The molecule has 5 bridgehead atoms. The molecule has 59 heavy (non-hydrogen) atoms. The Morgan fingerprint density at radius 3 is 2.24 bits per heavy atom. The van der Waals surface area contributed by atoms with Gasteiger partial charge in [0.25, 0.3) is 11.7 Å². The largest absolute Gasteiger partial charge is 0.507 e. The summed E-state index contributed by atoms with van der Waals surface area (Å²) in [7, 11) is 3.42.